The van der Waals surface area contributed by atoms with Crippen LogP contribution >= 0.6 is 0 Å². The molecule has 1 N–H and O–H groups in total. The van der Waals surface area contributed by atoms with Gasteiger partial charge in [-0.2, -0.15) is 0 Å². The summed E-state index contributed by atoms with van der Waals surface area (Å²) in [5.41, 5.74) is 3.52. The van der Waals surface area contributed by atoms with Crippen LogP contribution in [0.4, 0.5) is 0 Å². The Morgan fingerprint density at radius 1 is 1.03 bits per heavy atom. The van der Waals surface area contributed by atoms with Crippen molar-refractivity contribution in [2.45, 2.75) is 19.8 Å². The predicted molar refractivity (Wildman–Crippen MR) is 116 cm³/mol. The molecule has 5 nitrogen and oxygen atoms in total. The highest BCUT2D eigenvalue weighted by molar-refractivity contribution is 5.80. The maximum atomic E-state index is 13.1. The van der Waals surface area contributed by atoms with Gasteiger partial charge in [-0.15, -0.1) is 0 Å². The normalized spacial score (nSPS) is 17.8. The summed E-state index contributed by atoms with van der Waals surface area (Å²) in [6.45, 7) is 5.25. The van der Waals surface area contributed by atoms with Gasteiger partial charge in [0, 0.05) is 33.2 Å². The summed E-state index contributed by atoms with van der Waals surface area (Å²) in [6.07, 6.45) is 1.64. The summed E-state index contributed by atoms with van der Waals surface area (Å²) in [5.74, 6) is 0.0713. The maximum absolute atomic E-state index is 13.1. The van der Waals surface area contributed by atoms with E-state index in [9.17, 15) is 9.59 Å². The van der Waals surface area contributed by atoms with Gasteiger partial charge in [-0.05, 0) is 29.5 Å². The first-order valence-electron chi connectivity index (χ1n) is 10.5. The Morgan fingerprint density at radius 2 is 1.72 bits per heavy atom. The van der Waals surface area contributed by atoms with E-state index in [-0.39, 0.29) is 17.7 Å². The molecule has 2 aromatic carbocycles. The molecule has 154 valence electrons. The van der Waals surface area contributed by atoms with Crippen LogP contribution in [0.5, 0.6) is 0 Å². The Kier molecular flexibility index (Phi) is 7.42. The van der Waals surface area contributed by atoms with Gasteiger partial charge in [-0.25, -0.2) is 0 Å². The average Bonchev–Trinajstić information content (AvgIpc) is 2.89. The van der Waals surface area contributed by atoms with Crippen molar-refractivity contribution in [3.05, 3.63) is 60.2 Å². The monoisotopic (exact) mass is 393 g/mol. The third-order valence-corrected chi connectivity index (χ3v) is 5.51. The number of hydrogen-bond donors (Lipinski definition) is 1. The molecule has 1 aliphatic rings. The van der Waals surface area contributed by atoms with Crippen LogP contribution in [-0.4, -0.2) is 61.4 Å². The van der Waals surface area contributed by atoms with Gasteiger partial charge in [0.05, 0.1) is 12.5 Å². The lowest BCUT2D eigenvalue weighted by atomic mass is 9.95. The van der Waals surface area contributed by atoms with Gasteiger partial charge < -0.3 is 10.2 Å². The molecular weight excluding hydrogens is 362 g/mol. The molecule has 3 rings (SSSR count). The third-order valence-electron chi connectivity index (χ3n) is 5.51. The van der Waals surface area contributed by atoms with E-state index >= 15 is 0 Å². The van der Waals surface area contributed by atoms with Crippen LogP contribution in [0.25, 0.3) is 11.1 Å². The topological polar surface area (TPSA) is 52.6 Å². The number of amides is 2. The first kappa shape index (κ1) is 21.1. The molecule has 2 amide bonds. The molecule has 1 saturated heterocycles. The van der Waals surface area contributed by atoms with Gasteiger partial charge >= 0.3 is 0 Å². The Labute approximate surface area is 173 Å². The minimum absolute atomic E-state index is 0.00708. The fraction of sp³-hybridized carbons (Fsp3) is 0.417. The van der Waals surface area contributed by atoms with E-state index in [4.69, 9.17) is 0 Å². The summed E-state index contributed by atoms with van der Waals surface area (Å²) >= 11 is 0. The van der Waals surface area contributed by atoms with Gasteiger partial charge in [-0.1, -0.05) is 61.5 Å². The van der Waals surface area contributed by atoms with Crippen LogP contribution in [0.1, 0.15) is 18.9 Å². The zero-order chi connectivity index (χ0) is 20.6. The highest BCUT2D eigenvalue weighted by Gasteiger charge is 2.30. The second-order valence-corrected chi connectivity index (χ2v) is 7.70. The number of nitrogens with zero attached hydrogens (tertiary/aromatic N) is 2. The van der Waals surface area contributed by atoms with Crippen LogP contribution in [-0.2, 0) is 16.0 Å². The molecule has 1 atom stereocenters. The van der Waals surface area contributed by atoms with E-state index in [0.29, 0.717) is 26.1 Å². The lowest BCUT2D eigenvalue weighted by Gasteiger charge is -2.23. The van der Waals surface area contributed by atoms with E-state index < -0.39 is 0 Å². The Balaban J connectivity index is 1.74. The van der Waals surface area contributed by atoms with Crippen molar-refractivity contribution >= 4 is 11.8 Å². The molecule has 1 heterocycles. The van der Waals surface area contributed by atoms with Crippen molar-refractivity contribution in [3.8, 4) is 11.1 Å². The van der Waals surface area contributed by atoms with Gasteiger partial charge in [0.15, 0.2) is 0 Å². The summed E-state index contributed by atoms with van der Waals surface area (Å²) in [5, 5.41) is 2.69. The fourth-order valence-electron chi connectivity index (χ4n) is 3.93. The number of carbonyl (C=O) groups is 2. The van der Waals surface area contributed by atoms with Crippen molar-refractivity contribution in [1.82, 2.24) is 15.1 Å². The van der Waals surface area contributed by atoms with Crippen LogP contribution in [0.3, 0.4) is 0 Å². The number of likely N-dealkylation sites (N-methyl/N-ethyl adjacent to an activating group) is 1. The molecule has 5 heteroatoms. The Hall–Kier alpha value is -2.66. The Bertz CT molecular complexity index is 805. The van der Waals surface area contributed by atoms with E-state index in [1.54, 1.807) is 7.05 Å². The van der Waals surface area contributed by atoms with Gasteiger partial charge in [0.1, 0.15) is 0 Å². The second-order valence-electron chi connectivity index (χ2n) is 7.70. The van der Waals surface area contributed by atoms with E-state index in [0.717, 1.165) is 25.1 Å². The van der Waals surface area contributed by atoms with Gasteiger partial charge in [0.2, 0.25) is 11.8 Å². The number of rotatable bonds is 7. The molecule has 0 aromatic heterocycles. The molecule has 1 aliphatic heterocycles. The maximum Gasteiger partial charge on any atom is 0.233 e. The van der Waals surface area contributed by atoms with Crippen molar-refractivity contribution < 1.29 is 9.59 Å². The molecule has 1 unspecified atom stereocenters. The van der Waals surface area contributed by atoms with Crippen LogP contribution in [0.2, 0.25) is 0 Å². The molecule has 0 bridgehead atoms. The molecule has 2 aromatic rings. The van der Waals surface area contributed by atoms with Crippen molar-refractivity contribution in [2.75, 3.05) is 39.8 Å². The SMILES string of the molecule is CCCN1CCN(CC(=O)NC)CC(Cc2ccc(-c3ccccc3)cc2)C1=O. The molecular formula is C24H31N3O2. The number of carbonyl (C=O) groups excluding carboxylic acids is 2. The first-order chi connectivity index (χ1) is 14.1. The predicted octanol–water partition coefficient (Wildman–Crippen LogP) is 2.81. The zero-order valence-corrected chi connectivity index (χ0v) is 17.4. The van der Waals surface area contributed by atoms with E-state index in [2.05, 4.69) is 53.5 Å². The third kappa shape index (κ3) is 5.67. The molecule has 1 fully saturated rings. The van der Waals surface area contributed by atoms with Crippen LogP contribution in [0, 0.1) is 5.92 Å². The van der Waals surface area contributed by atoms with E-state index in [1.807, 2.05) is 23.1 Å². The second kappa shape index (κ2) is 10.2. The van der Waals surface area contributed by atoms with Crippen molar-refractivity contribution in [3.63, 3.8) is 0 Å². The first-order valence-corrected chi connectivity index (χ1v) is 10.5. The molecule has 0 spiro atoms. The minimum Gasteiger partial charge on any atom is -0.358 e. The lowest BCUT2D eigenvalue weighted by molar-refractivity contribution is -0.134. The zero-order valence-electron chi connectivity index (χ0n) is 17.4. The highest BCUT2D eigenvalue weighted by Crippen LogP contribution is 2.22. The molecule has 0 aliphatic carbocycles. The van der Waals surface area contributed by atoms with Crippen LogP contribution < -0.4 is 5.32 Å². The van der Waals surface area contributed by atoms with Crippen LogP contribution in [0.15, 0.2) is 54.6 Å². The summed E-state index contributed by atoms with van der Waals surface area (Å²) in [4.78, 5) is 29.1. The Morgan fingerprint density at radius 3 is 2.38 bits per heavy atom. The quantitative estimate of drug-likeness (QED) is 0.787. The minimum atomic E-state index is -0.128. The highest BCUT2D eigenvalue weighted by atomic mass is 16.2. The smallest absolute Gasteiger partial charge is 0.233 e. The molecule has 0 saturated carbocycles. The van der Waals surface area contributed by atoms with E-state index in [1.165, 1.54) is 11.1 Å². The molecule has 29 heavy (non-hydrogen) atoms. The standard InChI is InChI=1S/C24H31N3O2/c1-3-13-27-15-14-26(18-23(28)25-2)17-22(24(27)29)16-19-9-11-21(12-10-19)20-7-5-4-6-8-20/h4-12,22H,3,13-18H2,1-2H3,(H,25,28). The number of nitrogens with one attached hydrogen (secondary N) is 1. The summed E-state index contributed by atoms with van der Waals surface area (Å²) < 4.78 is 0. The number of benzene rings is 2. The fourth-order valence-corrected chi connectivity index (χ4v) is 3.93. The molecule has 0 radical (unpaired) electrons. The number of hydrogen-bond acceptors (Lipinski definition) is 3. The van der Waals surface area contributed by atoms with Crippen molar-refractivity contribution in [1.29, 1.82) is 0 Å². The van der Waals surface area contributed by atoms with Crippen molar-refractivity contribution in [2.24, 2.45) is 5.92 Å². The summed E-state index contributed by atoms with van der Waals surface area (Å²) in [6, 6.07) is 18.8. The van der Waals surface area contributed by atoms with Gasteiger partial charge in [0.25, 0.3) is 0 Å². The average molecular weight is 394 g/mol. The lowest BCUT2D eigenvalue weighted by Crippen LogP contribution is -2.39. The largest absolute Gasteiger partial charge is 0.358 e. The van der Waals surface area contributed by atoms with Gasteiger partial charge in [-0.3, -0.25) is 14.5 Å². The summed E-state index contributed by atoms with van der Waals surface area (Å²) in [7, 11) is 1.65.